The molecule has 0 unspecified atom stereocenters. The Morgan fingerprint density at radius 2 is 1.59 bits per heavy atom. The van der Waals surface area contributed by atoms with E-state index >= 15 is 0 Å². The van der Waals surface area contributed by atoms with Crippen molar-refractivity contribution >= 4 is 17.5 Å². The van der Waals surface area contributed by atoms with Crippen molar-refractivity contribution in [3.8, 4) is 0 Å². The molecule has 0 spiro atoms. The molecule has 138 valence electrons. The standard InChI is InChI=1S/C21H21N3O3/c25-20(13-14-22-21(26)19-12-7-15-27-19)23-24(18-10-5-2-6-11-18)16-17-8-3-1-4-9-17/h1-12,15H,13-14,16H2,(H,22,26)(H,23,25). The molecule has 2 amide bonds. The third-order valence-electron chi connectivity index (χ3n) is 3.89. The number of amides is 2. The van der Waals surface area contributed by atoms with Crippen LogP contribution in [0.4, 0.5) is 5.69 Å². The first kappa shape index (κ1) is 18.3. The Balaban J connectivity index is 1.56. The van der Waals surface area contributed by atoms with Crippen molar-refractivity contribution in [1.82, 2.24) is 10.7 Å². The van der Waals surface area contributed by atoms with Gasteiger partial charge in [0.25, 0.3) is 5.91 Å². The Morgan fingerprint density at radius 1 is 0.889 bits per heavy atom. The summed E-state index contributed by atoms with van der Waals surface area (Å²) in [4.78, 5) is 24.2. The van der Waals surface area contributed by atoms with Crippen LogP contribution in [0.1, 0.15) is 22.5 Å². The van der Waals surface area contributed by atoms with Crippen LogP contribution in [0.3, 0.4) is 0 Å². The van der Waals surface area contributed by atoms with Crippen LogP contribution in [0, 0.1) is 0 Å². The van der Waals surface area contributed by atoms with Gasteiger partial charge in [0.05, 0.1) is 18.5 Å². The van der Waals surface area contributed by atoms with Gasteiger partial charge in [-0.1, -0.05) is 48.5 Å². The first-order valence-corrected chi connectivity index (χ1v) is 8.70. The summed E-state index contributed by atoms with van der Waals surface area (Å²) in [6, 6.07) is 22.7. The van der Waals surface area contributed by atoms with Crippen LogP contribution >= 0.6 is 0 Å². The lowest BCUT2D eigenvalue weighted by atomic mass is 10.2. The van der Waals surface area contributed by atoms with Crippen LogP contribution in [-0.4, -0.2) is 18.4 Å². The second-order valence-electron chi connectivity index (χ2n) is 5.93. The Hall–Kier alpha value is -3.54. The molecular weight excluding hydrogens is 342 g/mol. The first-order chi connectivity index (χ1) is 13.2. The molecule has 6 nitrogen and oxygen atoms in total. The van der Waals surface area contributed by atoms with Gasteiger partial charge in [-0.15, -0.1) is 0 Å². The summed E-state index contributed by atoms with van der Waals surface area (Å²) in [6.45, 7) is 0.759. The fourth-order valence-electron chi connectivity index (χ4n) is 2.56. The van der Waals surface area contributed by atoms with Gasteiger partial charge in [-0.2, -0.15) is 0 Å². The summed E-state index contributed by atoms with van der Waals surface area (Å²) in [7, 11) is 0. The molecule has 27 heavy (non-hydrogen) atoms. The fraction of sp³-hybridized carbons (Fsp3) is 0.143. The molecule has 1 aromatic heterocycles. The number of rotatable bonds is 8. The van der Waals surface area contributed by atoms with Gasteiger partial charge in [0.2, 0.25) is 5.91 Å². The van der Waals surface area contributed by atoms with Crippen molar-refractivity contribution in [2.75, 3.05) is 11.6 Å². The van der Waals surface area contributed by atoms with Gasteiger partial charge >= 0.3 is 0 Å². The van der Waals surface area contributed by atoms with E-state index in [1.807, 2.05) is 60.7 Å². The third-order valence-corrected chi connectivity index (χ3v) is 3.89. The molecule has 3 aromatic rings. The molecule has 0 aliphatic carbocycles. The SMILES string of the molecule is O=C(CCNC(=O)c1ccco1)NN(Cc1ccccc1)c1ccccc1. The van der Waals surface area contributed by atoms with Gasteiger partial charge in [0.1, 0.15) is 0 Å². The zero-order chi connectivity index (χ0) is 18.9. The maximum Gasteiger partial charge on any atom is 0.286 e. The number of nitrogens with one attached hydrogen (secondary N) is 2. The third kappa shape index (κ3) is 5.47. The first-order valence-electron chi connectivity index (χ1n) is 8.70. The van der Waals surface area contributed by atoms with E-state index in [-0.39, 0.29) is 30.5 Å². The second kappa shape index (κ2) is 9.24. The highest BCUT2D eigenvalue weighted by molar-refractivity contribution is 5.91. The fourth-order valence-corrected chi connectivity index (χ4v) is 2.56. The predicted octanol–water partition coefficient (Wildman–Crippen LogP) is 3.14. The molecule has 0 atom stereocenters. The van der Waals surface area contributed by atoms with Gasteiger partial charge in [-0.3, -0.25) is 20.0 Å². The second-order valence-corrected chi connectivity index (χ2v) is 5.93. The highest BCUT2D eigenvalue weighted by atomic mass is 16.3. The number of hydrazine groups is 1. The molecule has 0 aliphatic heterocycles. The average Bonchev–Trinajstić information content (AvgIpc) is 3.24. The number of hydrogen-bond donors (Lipinski definition) is 2. The number of anilines is 1. The lowest BCUT2D eigenvalue weighted by Crippen LogP contribution is -2.43. The number of furan rings is 1. The maximum absolute atomic E-state index is 12.4. The predicted molar refractivity (Wildman–Crippen MR) is 103 cm³/mol. The lowest BCUT2D eigenvalue weighted by Gasteiger charge is -2.25. The number of benzene rings is 2. The van der Waals surface area contributed by atoms with E-state index < -0.39 is 0 Å². The van der Waals surface area contributed by atoms with Crippen LogP contribution in [0.15, 0.2) is 83.5 Å². The van der Waals surface area contributed by atoms with Crippen molar-refractivity contribution in [3.05, 3.63) is 90.4 Å². The van der Waals surface area contributed by atoms with Crippen molar-refractivity contribution in [3.63, 3.8) is 0 Å². The monoisotopic (exact) mass is 363 g/mol. The average molecular weight is 363 g/mol. The molecule has 0 aliphatic rings. The van der Waals surface area contributed by atoms with Crippen LogP contribution in [0.2, 0.25) is 0 Å². The lowest BCUT2D eigenvalue weighted by molar-refractivity contribution is -0.121. The van der Waals surface area contributed by atoms with E-state index in [1.54, 1.807) is 17.1 Å². The van der Waals surface area contributed by atoms with E-state index in [9.17, 15) is 9.59 Å². The van der Waals surface area contributed by atoms with E-state index in [0.29, 0.717) is 6.54 Å². The summed E-state index contributed by atoms with van der Waals surface area (Å²) in [5, 5.41) is 4.46. The van der Waals surface area contributed by atoms with Crippen molar-refractivity contribution in [1.29, 1.82) is 0 Å². The molecule has 0 fully saturated rings. The van der Waals surface area contributed by atoms with E-state index in [1.165, 1.54) is 6.26 Å². The van der Waals surface area contributed by atoms with Gasteiger partial charge in [-0.05, 0) is 29.8 Å². The number of carbonyl (C=O) groups is 2. The maximum atomic E-state index is 12.4. The van der Waals surface area contributed by atoms with Crippen molar-refractivity contribution < 1.29 is 14.0 Å². The molecular formula is C21H21N3O3. The van der Waals surface area contributed by atoms with E-state index in [0.717, 1.165) is 11.3 Å². The molecule has 0 bridgehead atoms. The zero-order valence-electron chi connectivity index (χ0n) is 14.8. The molecule has 1 heterocycles. The number of hydrogen-bond acceptors (Lipinski definition) is 4. The van der Waals surface area contributed by atoms with Crippen molar-refractivity contribution in [2.24, 2.45) is 0 Å². The topological polar surface area (TPSA) is 74.6 Å². The molecule has 2 aromatic carbocycles. The van der Waals surface area contributed by atoms with E-state index in [2.05, 4.69) is 10.7 Å². The quantitative estimate of drug-likeness (QED) is 0.603. The van der Waals surface area contributed by atoms with Crippen LogP contribution in [0.5, 0.6) is 0 Å². The Labute approximate surface area is 157 Å². The Bertz CT molecular complexity index is 849. The van der Waals surface area contributed by atoms with Crippen molar-refractivity contribution in [2.45, 2.75) is 13.0 Å². The summed E-state index contributed by atoms with van der Waals surface area (Å²) >= 11 is 0. The number of carbonyl (C=O) groups excluding carboxylic acids is 2. The largest absolute Gasteiger partial charge is 0.459 e. The molecule has 3 rings (SSSR count). The van der Waals surface area contributed by atoms with Crippen LogP contribution in [0.25, 0.3) is 0 Å². The minimum atomic E-state index is -0.336. The molecule has 0 radical (unpaired) electrons. The van der Waals surface area contributed by atoms with Crippen LogP contribution < -0.4 is 15.8 Å². The molecule has 6 heteroatoms. The summed E-state index contributed by atoms with van der Waals surface area (Å²) in [6.07, 6.45) is 1.59. The van der Waals surface area contributed by atoms with Crippen LogP contribution in [-0.2, 0) is 11.3 Å². The number of nitrogens with zero attached hydrogens (tertiary/aromatic N) is 1. The summed E-state index contributed by atoms with van der Waals surface area (Å²) in [5.41, 5.74) is 4.87. The minimum Gasteiger partial charge on any atom is -0.459 e. The number of para-hydroxylation sites is 1. The van der Waals surface area contributed by atoms with Gasteiger partial charge in [-0.25, -0.2) is 0 Å². The normalized spacial score (nSPS) is 10.2. The smallest absolute Gasteiger partial charge is 0.286 e. The molecule has 0 saturated heterocycles. The zero-order valence-corrected chi connectivity index (χ0v) is 14.8. The highest BCUT2D eigenvalue weighted by Crippen LogP contribution is 2.14. The minimum absolute atomic E-state index is 0.157. The molecule has 0 saturated carbocycles. The van der Waals surface area contributed by atoms with Gasteiger partial charge in [0.15, 0.2) is 5.76 Å². The summed E-state index contributed by atoms with van der Waals surface area (Å²) in [5.74, 6) is -0.295. The molecule has 2 N–H and O–H groups in total. The highest BCUT2D eigenvalue weighted by Gasteiger charge is 2.12. The summed E-state index contributed by atoms with van der Waals surface area (Å²) < 4.78 is 5.02. The van der Waals surface area contributed by atoms with E-state index in [4.69, 9.17) is 4.42 Å². The Kier molecular flexibility index (Phi) is 6.25. The van der Waals surface area contributed by atoms with Gasteiger partial charge < -0.3 is 9.73 Å². The Morgan fingerprint density at radius 3 is 2.26 bits per heavy atom. The van der Waals surface area contributed by atoms with Gasteiger partial charge in [0, 0.05) is 13.0 Å².